The van der Waals surface area contributed by atoms with Gasteiger partial charge in [-0.3, -0.25) is 4.90 Å². The molecule has 178 valence electrons. The molecule has 0 amide bonds. The first-order valence-electron chi connectivity index (χ1n) is 10.9. The third-order valence-corrected chi connectivity index (χ3v) is 5.46. The van der Waals surface area contributed by atoms with Crippen molar-refractivity contribution in [1.82, 2.24) is 15.5 Å². The quantitative estimate of drug-likeness (QED) is 0.260. The SMILES string of the molecule is FC(F)(F)CN1CCC(CCNC(=NCc2ccccc2)NCCc2ccco2)CC1.I. The monoisotopic (exact) mass is 564 g/mol. The van der Waals surface area contributed by atoms with Crippen LogP contribution in [0.2, 0.25) is 0 Å². The minimum atomic E-state index is -4.11. The molecule has 0 spiro atoms. The molecule has 1 aliphatic heterocycles. The summed E-state index contributed by atoms with van der Waals surface area (Å²) in [6, 6.07) is 13.9. The Hall–Kier alpha value is -1.75. The highest BCUT2D eigenvalue weighted by molar-refractivity contribution is 14.0. The number of likely N-dealkylation sites (tertiary alicyclic amines) is 1. The van der Waals surface area contributed by atoms with E-state index in [4.69, 9.17) is 4.42 Å². The topological polar surface area (TPSA) is 52.8 Å². The molecule has 0 atom stereocenters. The zero-order chi connectivity index (χ0) is 21.9. The van der Waals surface area contributed by atoms with E-state index in [-0.39, 0.29) is 24.0 Å². The average Bonchev–Trinajstić information content (AvgIpc) is 3.26. The molecule has 0 radical (unpaired) electrons. The molecule has 0 aliphatic carbocycles. The normalized spacial score (nSPS) is 15.9. The Balaban J connectivity index is 0.00000363. The number of benzene rings is 1. The zero-order valence-corrected chi connectivity index (χ0v) is 20.4. The number of halogens is 4. The van der Waals surface area contributed by atoms with E-state index in [1.165, 1.54) is 4.90 Å². The van der Waals surface area contributed by atoms with Crippen LogP contribution in [0.5, 0.6) is 0 Å². The smallest absolute Gasteiger partial charge is 0.401 e. The second-order valence-electron chi connectivity index (χ2n) is 7.96. The number of rotatable bonds is 9. The summed E-state index contributed by atoms with van der Waals surface area (Å²) in [6.07, 6.45) is 0.846. The van der Waals surface area contributed by atoms with Crippen LogP contribution >= 0.6 is 24.0 Å². The molecule has 5 nitrogen and oxygen atoms in total. The van der Waals surface area contributed by atoms with Gasteiger partial charge in [0, 0.05) is 19.5 Å². The van der Waals surface area contributed by atoms with Crippen LogP contribution < -0.4 is 10.6 Å². The molecular formula is C23H32F3IN4O. The minimum absolute atomic E-state index is 0. The number of furan rings is 1. The Labute approximate surface area is 204 Å². The van der Waals surface area contributed by atoms with Crippen molar-refractivity contribution in [3.8, 4) is 0 Å². The molecule has 1 aliphatic rings. The fourth-order valence-electron chi connectivity index (χ4n) is 3.77. The molecule has 2 N–H and O–H groups in total. The van der Waals surface area contributed by atoms with Gasteiger partial charge in [0.15, 0.2) is 5.96 Å². The highest BCUT2D eigenvalue weighted by Gasteiger charge is 2.32. The van der Waals surface area contributed by atoms with Gasteiger partial charge in [0.05, 0.1) is 19.4 Å². The first-order valence-corrected chi connectivity index (χ1v) is 10.9. The van der Waals surface area contributed by atoms with Gasteiger partial charge in [-0.1, -0.05) is 30.3 Å². The molecule has 0 bridgehead atoms. The molecule has 1 aromatic heterocycles. The van der Waals surface area contributed by atoms with Crippen LogP contribution in [0.3, 0.4) is 0 Å². The first-order chi connectivity index (χ1) is 15.0. The molecule has 0 unspecified atom stereocenters. The minimum Gasteiger partial charge on any atom is -0.469 e. The van der Waals surface area contributed by atoms with Crippen molar-refractivity contribution in [2.24, 2.45) is 10.9 Å². The number of aliphatic imine (C=N–C) groups is 1. The lowest BCUT2D eigenvalue weighted by molar-refractivity contribution is -0.148. The van der Waals surface area contributed by atoms with Gasteiger partial charge in [-0.25, -0.2) is 4.99 Å². The van der Waals surface area contributed by atoms with Gasteiger partial charge < -0.3 is 15.1 Å². The van der Waals surface area contributed by atoms with E-state index < -0.39 is 12.7 Å². The second-order valence-corrected chi connectivity index (χ2v) is 7.96. The Morgan fingerprint density at radius 1 is 1.03 bits per heavy atom. The van der Waals surface area contributed by atoms with Gasteiger partial charge in [-0.2, -0.15) is 13.2 Å². The number of piperidine rings is 1. The molecule has 2 aromatic rings. The highest BCUT2D eigenvalue weighted by atomic mass is 127. The molecular weight excluding hydrogens is 532 g/mol. The molecule has 1 aromatic carbocycles. The molecule has 1 saturated heterocycles. The fourth-order valence-corrected chi connectivity index (χ4v) is 3.77. The van der Waals surface area contributed by atoms with Crippen molar-refractivity contribution in [3.63, 3.8) is 0 Å². The Bertz CT molecular complexity index is 776. The van der Waals surface area contributed by atoms with Gasteiger partial charge in [-0.15, -0.1) is 24.0 Å². The number of alkyl halides is 3. The summed E-state index contributed by atoms with van der Waals surface area (Å²) in [4.78, 5) is 6.19. The molecule has 1 fully saturated rings. The molecule has 2 heterocycles. The van der Waals surface area contributed by atoms with Crippen LogP contribution in [0.4, 0.5) is 13.2 Å². The van der Waals surface area contributed by atoms with Crippen molar-refractivity contribution < 1.29 is 17.6 Å². The Morgan fingerprint density at radius 3 is 2.41 bits per heavy atom. The van der Waals surface area contributed by atoms with Crippen LogP contribution in [-0.4, -0.2) is 49.8 Å². The predicted molar refractivity (Wildman–Crippen MR) is 131 cm³/mol. The van der Waals surface area contributed by atoms with Crippen molar-refractivity contribution in [1.29, 1.82) is 0 Å². The zero-order valence-electron chi connectivity index (χ0n) is 18.1. The largest absolute Gasteiger partial charge is 0.469 e. The maximum atomic E-state index is 12.5. The summed E-state index contributed by atoms with van der Waals surface area (Å²) in [5.41, 5.74) is 1.13. The number of hydrogen-bond acceptors (Lipinski definition) is 3. The number of nitrogens with one attached hydrogen (secondary N) is 2. The number of guanidine groups is 1. The van der Waals surface area contributed by atoms with E-state index in [9.17, 15) is 13.2 Å². The van der Waals surface area contributed by atoms with E-state index in [0.717, 1.165) is 49.5 Å². The summed E-state index contributed by atoms with van der Waals surface area (Å²) in [5, 5.41) is 6.73. The Morgan fingerprint density at radius 2 is 1.75 bits per heavy atom. The predicted octanol–water partition coefficient (Wildman–Crippen LogP) is 4.84. The van der Waals surface area contributed by atoms with E-state index >= 15 is 0 Å². The summed E-state index contributed by atoms with van der Waals surface area (Å²) in [7, 11) is 0. The van der Waals surface area contributed by atoms with Gasteiger partial charge in [0.25, 0.3) is 0 Å². The number of hydrogen-bond donors (Lipinski definition) is 2. The summed E-state index contributed by atoms with van der Waals surface area (Å²) in [5.74, 6) is 2.10. The molecule has 3 rings (SSSR count). The third-order valence-electron chi connectivity index (χ3n) is 5.46. The Kier molecular flexibility index (Phi) is 11.4. The van der Waals surface area contributed by atoms with Crippen molar-refractivity contribution in [2.75, 3.05) is 32.7 Å². The van der Waals surface area contributed by atoms with Gasteiger partial charge in [-0.05, 0) is 56.0 Å². The van der Waals surface area contributed by atoms with E-state index in [1.807, 2.05) is 42.5 Å². The van der Waals surface area contributed by atoms with Crippen LogP contribution in [0.15, 0.2) is 58.1 Å². The number of nitrogens with zero attached hydrogens (tertiary/aromatic N) is 2. The van der Waals surface area contributed by atoms with E-state index in [2.05, 4.69) is 15.6 Å². The lowest BCUT2D eigenvalue weighted by atomic mass is 9.93. The van der Waals surface area contributed by atoms with Crippen LogP contribution in [-0.2, 0) is 13.0 Å². The third kappa shape index (κ3) is 10.2. The summed E-state index contributed by atoms with van der Waals surface area (Å²) in [6.45, 7) is 2.25. The average molecular weight is 564 g/mol. The van der Waals surface area contributed by atoms with Crippen LogP contribution in [0.25, 0.3) is 0 Å². The molecule has 32 heavy (non-hydrogen) atoms. The lowest BCUT2D eigenvalue weighted by Gasteiger charge is -2.32. The van der Waals surface area contributed by atoms with E-state index in [0.29, 0.717) is 32.1 Å². The first kappa shape index (κ1) is 26.5. The van der Waals surface area contributed by atoms with Gasteiger partial charge in [0.2, 0.25) is 0 Å². The maximum absolute atomic E-state index is 12.5. The maximum Gasteiger partial charge on any atom is 0.401 e. The van der Waals surface area contributed by atoms with Gasteiger partial charge >= 0.3 is 6.18 Å². The van der Waals surface area contributed by atoms with E-state index in [1.54, 1.807) is 6.26 Å². The molecule has 9 heteroatoms. The highest BCUT2D eigenvalue weighted by Crippen LogP contribution is 2.23. The van der Waals surface area contributed by atoms with Crippen LogP contribution in [0.1, 0.15) is 30.6 Å². The summed E-state index contributed by atoms with van der Waals surface area (Å²) < 4.78 is 43.0. The van der Waals surface area contributed by atoms with Crippen LogP contribution in [0, 0.1) is 5.92 Å². The van der Waals surface area contributed by atoms with Crippen molar-refractivity contribution in [2.45, 2.75) is 38.4 Å². The second kappa shape index (κ2) is 13.7. The fraction of sp³-hybridized carbons (Fsp3) is 0.522. The summed E-state index contributed by atoms with van der Waals surface area (Å²) >= 11 is 0. The van der Waals surface area contributed by atoms with Crippen molar-refractivity contribution >= 4 is 29.9 Å². The van der Waals surface area contributed by atoms with Crippen molar-refractivity contribution in [3.05, 3.63) is 60.1 Å². The molecule has 0 saturated carbocycles. The van der Waals surface area contributed by atoms with Gasteiger partial charge in [0.1, 0.15) is 5.76 Å². The lowest BCUT2D eigenvalue weighted by Crippen LogP contribution is -2.42. The standard InChI is InChI=1S/C23H31F3N4O.HI/c24-23(25,26)18-30-14-10-19(11-15-30)8-12-27-22(28-13-9-21-7-4-16-31-21)29-17-20-5-2-1-3-6-20;/h1-7,16,19H,8-15,17-18H2,(H2,27,28,29);1H.